The van der Waals surface area contributed by atoms with Crippen molar-refractivity contribution in [1.82, 2.24) is 4.90 Å². The van der Waals surface area contributed by atoms with Crippen LogP contribution in [0.4, 0.5) is 0 Å². The third-order valence-electron chi connectivity index (χ3n) is 6.09. The summed E-state index contributed by atoms with van der Waals surface area (Å²) in [6, 6.07) is 6.85. The van der Waals surface area contributed by atoms with Crippen LogP contribution >= 0.6 is 17.0 Å². The Bertz CT molecular complexity index is 518. The van der Waals surface area contributed by atoms with Crippen LogP contribution in [0.25, 0.3) is 0 Å². The second kappa shape index (κ2) is 5.03. The van der Waals surface area contributed by atoms with Gasteiger partial charge in [-0.1, -0.05) is 18.9 Å². The summed E-state index contributed by atoms with van der Waals surface area (Å²) in [7, 11) is 2.29. The van der Waals surface area contributed by atoms with Crippen LogP contribution in [0.1, 0.15) is 43.2 Å². The van der Waals surface area contributed by atoms with E-state index in [0.717, 1.165) is 12.3 Å². The number of nitrogens with zero attached hydrogens (tertiary/aromatic N) is 1. The van der Waals surface area contributed by atoms with Gasteiger partial charge in [0.1, 0.15) is 5.75 Å². The summed E-state index contributed by atoms with van der Waals surface area (Å²) < 4.78 is 0. The molecule has 3 aliphatic rings. The summed E-state index contributed by atoms with van der Waals surface area (Å²) in [5.74, 6) is 1.28. The zero-order chi connectivity index (χ0) is 13.0. The molecule has 0 unspecified atom stereocenters. The van der Waals surface area contributed by atoms with Gasteiger partial charge in [-0.3, -0.25) is 0 Å². The molecule has 1 aliphatic heterocycles. The van der Waals surface area contributed by atoms with Gasteiger partial charge in [0.05, 0.1) is 0 Å². The fourth-order valence-electron chi connectivity index (χ4n) is 5.21. The molecule has 110 valence electrons. The van der Waals surface area contributed by atoms with Crippen molar-refractivity contribution in [2.24, 2.45) is 5.92 Å². The van der Waals surface area contributed by atoms with E-state index in [9.17, 15) is 5.11 Å². The Morgan fingerprint density at radius 2 is 2.10 bits per heavy atom. The second-order valence-corrected chi connectivity index (χ2v) is 6.85. The summed E-state index contributed by atoms with van der Waals surface area (Å²) >= 11 is 0. The van der Waals surface area contributed by atoms with E-state index in [-0.39, 0.29) is 17.0 Å². The number of aromatic hydroxyl groups is 1. The molecule has 2 nitrogen and oxygen atoms in total. The van der Waals surface area contributed by atoms with Gasteiger partial charge in [-0.2, -0.15) is 0 Å². The molecular weight excluding hydrogens is 314 g/mol. The Labute approximate surface area is 131 Å². The van der Waals surface area contributed by atoms with E-state index in [0.29, 0.717) is 17.2 Å². The standard InChI is InChI=1S/C17H23NO.BrH/c1-18-9-8-17-7-3-2-4-15(17)16(18)11-12-10-13(19)5-6-14(12)17;/h5-6,10,15-16,19H,2-4,7-9,11H2,1H3;1H/t15-,16+,17-;/m0./s1. The number of phenols is 1. The van der Waals surface area contributed by atoms with Crippen molar-refractivity contribution in [3.05, 3.63) is 29.3 Å². The highest BCUT2D eigenvalue weighted by Crippen LogP contribution is 2.55. The number of hydrogen-bond acceptors (Lipinski definition) is 2. The van der Waals surface area contributed by atoms with Gasteiger partial charge in [0.15, 0.2) is 0 Å². The van der Waals surface area contributed by atoms with E-state index in [2.05, 4.69) is 18.0 Å². The molecular formula is C17H24BrNO. The summed E-state index contributed by atoms with van der Waals surface area (Å²) in [5, 5.41) is 9.80. The lowest BCUT2D eigenvalue weighted by Gasteiger charge is -2.58. The molecule has 0 spiro atoms. The van der Waals surface area contributed by atoms with Gasteiger partial charge >= 0.3 is 0 Å². The molecule has 20 heavy (non-hydrogen) atoms. The third kappa shape index (κ3) is 1.86. The van der Waals surface area contributed by atoms with Gasteiger partial charge in [0.2, 0.25) is 0 Å². The minimum Gasteiger partial charge on any atom is -0.508 e. The molecule has 4 rings (SSSR count). The molecule has 3 atom stereocenters. The zero-order valence-corrected chi connectivity index (χ0v) is 13.9. The van der Waals surface area contributed by atoms with E-state index in [1.165, 1.54) is 44.2 Å². The summed E-state index contributed by atoms with van der Waals surface area (Å²) in [6.45, 7) is 1.24. The average molecular weight is 338 g/mol. The smallest absolute Gasteiger partial charge is 0.115 e. The topological polar surface area (TPSA) is 23.5 Å². The molecule has 0 amide bonds. The van der Waals surface area contributed by atoms with Gasteiger partial charge in [0, 0.05) is 11.5 Å². The van der Waals surface area contributed by atoms with Crippen LogP contribution in [-0.2, 0) is 11.8 Å². The molecule has 1 heterocycles. The van der Waals surface area contributed by atoms with Crippen molar-refractivity contribution in [3.8, 4) is 5.75 Å². The summed E-state index contributed by atoms with van der Waals surface area (Å²) in [4.78, 5) is 2.57. The van der Waals surface area contributed by atoms with E-state index >= 15 is 0 Å². The normalized spacial score (nSPS) is 35.6. The van der Waals surface area contributed by atoms with Crippen molar-refractivity contribution >= 4 is 17.0 Å². The zero-order valence-electron chi connectivity index (χ0n) is 12.1. The lowest BCUT2D eigenvalue weighted by molar-refractivity contribution is 0.00280. The predicted molar refractivity (Wildman–Crippen MR) is 86.8 cm³/mol. The quantitative estimate of drug-likeness (QED) is 0.780. The minimum atomic E-state index is 0. The average Bonchev–Trinajstić information content (AvgIpc) is 2.42. The van der Waals surface area contributed by atoms with Crippen LogP contribution in [0.3, 0.4) is 0 Å². The first kappa shape index (κ1) is 14.4. The maximum Gasteiger partial charge on any atom is 0.115 e. The number of rotatable bonds is 0. The van der Waals surface area contributed by atoms with Gasteiger partial charge in [-0.05, 0) is 68.5 Å². The molecule has 1 aromatic rings. The SMILES string of the molecule is Br.CN1CC[C@]23CCCC[C@H]2[C@H]1Cc1cc(O)ccc13. The highest BCUT2D eigenvalue weighted by Gasteiger charge is 2.52. The molecule has 1 saturated heterocycles. The van der Waals surface area contributed by atoms with Crippen molar-refractivity contribution in [1.29, 1.82) is 0 Å². The van der Waals surface area contributed by atoms with Crippen molar-refractivity contribution in [2.45, 2.75) is 50.0 Å². The van der Waals surface area contributed by atoms with Crippen LogP contribution in [0.2, 0.25) is 0 Å². The van der Waals surface area contributed by atoms with Crippen LogP contribution in [0.5, 0.6) is 5.75 Å². The molecule has 0 radical (unpaired) electrons. The Balaban J connectivity index is 0.00000121. The Morgan fingerprint density at radius 1 is 1.25 bits per heavy atom. The molecule has 2 bridgehead atoms. The first-order chi connectivity index (χ1) is 9.21. The first-order valence-electron chi connectivity index (χ1n) is 7.73. The van der Waals surface area contributed by atoms with Crippen LogP contribution in [0, 0.1) is 5.92 Å². The number of likely N-dealkylation sites (N-methyl/N-ethyl adjacent to an activating group) is 1. The van der Waals surface area contributed by atoms with Crippen molar-refractivity contribution in [2.75, 3.05) is 13.6 Å². The lowest BCUT2D eigenvalue weighted by atomic mass is 9.52. The molecule has 1 aromatic carbocycles. The summed E-state index contributed by atoms with van der Waals surface area (Å²) in [5.41, 5.74) is 3.41. The van der Waals surface area contributed by atoms with Gasteiger partial charge < -0.3 is 10.0 Å². The monoisotopic (exact) mass is 337 g/mol. The number of piperidine rings is 1. The van der Waals surface area contributed by atoms with Gasteiger partial charge in [0.25, 0.3) is 0 Å². The van der Waals surface area contributed by atoms with Crippen molar-refractivity contribution < 1.29 is 5.11 Å². The maximum atomic E-state index is 9.80. The predicted octanol–water partition coefficient (Wildman–Crippen LogP) is 3.66. The number of likely N-dealkylation sites (tertiary alicyclic amines) is 1. The largest absolute Gasteiger partial charge is 0.508 e. The molecule has 3 heteroatoms. The fraction of sp³-hybridized carbons (Fsp3) is 0.647. The molecule has 2 aliphatic carbocycles. The number of hydrogen-bond donors (Lipinski definition) is 1. The molecule has 2 fully saturated rings. The number of fused-ring (bicyclic) bond motifs is 1. The number of phenolic OH excluding ortho intramolecular Hbond substituents is 1. The van der Waals surface area contributed by atoms with Crippen LogP contribution in [0.15, 0.2) is 18.2 Å². The van der Waals surface area contributed by atoms with Gasteiger partial charge in [-0.15, -0.1) is 17.0 Å². The molecule has 1 N–H and O–H groups in total. The van der Waals surface area contributed by atoms with Gasteiger partial charge in [-0.25, -0.2) is 0 Å². The first-order valence-corrected chi connectivity index (χ1v) is 7.73. The second-order valence-electron chi connectivity index (χ2n) is 6.85. The van der Waals surface area contributed by atoms with Crippen LogP contribution in [-0.4, -0.2) is 29.6 Å². The van der Waals surface area contributed by atoms with Crippen molar-refractivity contribution in [3.63, 3.8) is 0 Å². The van der Waals surface area contributed by atoms with E-state index in [1.807, 2.05) is 12.1 Å². The van der Waals surface area contributed by atoms with E-state index in [4.69, 9.17) is 0 Å². The van der Waals surface area contributed by atoms with E-state index in [1.54, 1.807) is 5.56 Å². The highest BCUT2D eigenvalue weighted by molar-refractivity contribution is 8.93. The summed E-state index contributed by atoms with van der Waals surface area (Å²) in [6.07, 6.45) is 7.99. The third-order valence-corrected chi connectivity index (χ3v) is 6.09. The lowest BCUT2D eigenvalue weighted by Crippen LogP contribution is -2.59. The fourth-order valence-corrected chi connectivity index (χ4v) is 5.21. The highest BCUT2D eigenvalue weighted by atomic mass is 79.9. The number of halogens is 1. The maximum absolute atomic E-state index is 9.80. The Hall–Kier alpha value is -0.540. The van der Waals surface area contributed by atoms with E-state index < -0.39 is 0 Å². The minimum absolute atomic E-state index is 0. The molecule has 0 aromatic heterocycles. The van der Waals surface area contributed by atoms with Crippen LogP contribution < -0.4 is 0 Å². The molecule has 1 saturated carbocycles. The Kier molecular flexibility index (Phi) is 3.62. The Morgan fingerprint density at radius 3 is 2.95 bits per heavy atom. The number of benzene rings is 1.